The van der Waals surface area contributed by atoms with Gasteiger partial charge in [-0.05, 0) is 61.5 Å². The van der Waals surface area contributed by atoms with E-state index >= 15 is 0 Å². The van der Waals surface area contributed by atoms with Crippen molar-refractivity contribution in [3.05, 3.63) is 83.1 Å². The first-order valence-electron chi connectivity index (χ1n) is 8.16. The van der Waals surface area contributed by atoms with Gasteiger partial charge in [0.1, 0.15) is 5.75 Å². The molecular weight excluding hydrogens is 350 g/mol. The van der Waals surface area contributed by atoms with Crippen LogP contribution in [0.25, 0.3) is 5.69 Å². The van der Waals surface area contributed by atoms with E-state index in [1.165, 1.54) is 6.21 Å². The summed E-state index contributed by atoms with van der Waals surface area (Å²) in [6.45, 7) is 2.43. The molecule has 132 valence electrons. The molecule has 1 heterocycles. The average molecular weight is 368 g/mol. The Labute approximate surface area is 156 Å². The maximum atomic E-state index is 12.2. The number of hydrogen-bond donors (Lipinski definition) is 1. The SMILES string of the molecule is CCOc1ccc(Cl)cc1/C=N/NC(=O)c1ccc(-n2cccc2)cc1. The fourth-order valence-electron chi connectivity index (χ4n) is 2.42. The van der Waals surface area contributed by atoms with Crippen LogP contribution in [0.2, 0.25) is 5.02 Å². The van der Waals surface area contributed by atoms with Crippen molar-refractivity contribution in [3.8, 4) is 11.4 Å². The van der Waals surface area contributed by atoms with Crippen LogP contribution < -0.4 is 10.2 Å². The summed E-state index contributed by atoms with van der Waals surface area (Å²) in [5.41, 5.74) is 4.72. The number of carbonyl (C=O) groups is 1. The molecule has 0 unspecified atom stereocenters. The van der Waals surface area contributed by atoms with Crippen LogP contribution in [-0.4, -0.2) is 23.3 Å². The molecule has 26 heavy (non-hydrogen) atoms. The van der Waals surface area contributed by atoms with Gasteiger partial charge in [-0.1, -0.05) is 11.6 Å². The highest BCUT2D eigenvalue weighted by Gasteiger charge is 2.06. The maximum absolute atomic E-state index is 12.2. The van der Waals surface area contributed by atoms with Crippen LogP contribution in [0, 0.1) is 0 Å². The Morgan fingerprint density at radius 1 is 1.19 bits per heavy atom. The second-order valence-electron chi connectivity index (χ2n) is 5.45. The van der Waals surface area contributed by atoms with E-state index in [0.29, 0.717) is 28.5 Å². The Bertz CT molecular complexity index is 903. The van der Waals surface area contributed by atoms with Gasteiger partial charge in [-0.25, -0.2) is 5.43 Å². The van der Waals surface area contributed by atoms with E-state index < -0.39 is 0 Å². The zero-order valence-electron chi connectivity index (χ0n) is 14.2. The number of nitrogens with zero attached hydrogens (tertiary/aromatic N) is 2. The number of benzene rings is 2. The minimum atomic E-state index is -0.291. The molecule has 0 aliphatic heterocycles. The predicted octanol–water partition coefficient (Wildman–Crippen LogP) is 4.29. The highest BCUT2D eigenvalue weighted by Crippen LogP contribution is 2.21. The van der Waals surface area contributed by atoms with Gasteiger partial charge in [0.05, 0.1) is 12.8 Å². The molecule has 0 saturated carbocycles. The van der Waals surface area contributed by atoms with Crippen molar-refractivity contribution >= 4 is 23.7 Å². The number of carbonyl (C=O) groups excluding carboxylic acids is 1. The first kappa shape index (κ1) is 17.8. The Morgan fingerprint density at radius 3 is 2.62 bits per heavy atom. The van der Waals surface area contributed by atoms with Crippen molar-refractivity contribution in [1.82, 2.24) is 9.99 Å². The summed E-state index contributed by atoms with van der Waals surface area (Å²) in [5, 5.41) is 4.58. The van der Waals surface area contributed by atoms with Gasteiger partial charge in [-0.3, -0.25) is 4.79 Å². The van der Waals surface area contributed by atoms with Crippen molar-refractivity contribution < 1.29 is 9.53 Å². The molecule has 3 aromatic rings. The van der Waals surface area contributed by atoms with E-state index in [1.54, 1.807) is 30.3 Å². The lowest BCUT2D eigenvalue weighted by Crippen LogP contribution is -2.17. The lowest BCUT2D eigenvalue weighted by Gasteiger charge is -2.07. The van der Waals surface area contributed by atoms with E-state index in [4.69, 9.17) is 16.3 Å². The Morgan fingerprint density at radius 2 is 1.92 bits per heavy atom. The fraction of sp³-hybridized carbons (Fsp3) is 0.100. The van der Waals surface area contributed by atoms with Gasteiger partial charge in [-0.15, -0.1) is 0 Å². The van der Waals surface area contributed by atoms with Gasteiger partial charge >= 0.3 is 0 Å². The van der Waals surface area contributed by atoms with E-state index in [0.717, 1.165) is 5.69 Å². The number of hydrogen-bond acceptors (Lipinski definition) is 3. The molecule has 3 rings (SSSR count). The summed E-state index contributed by atoms with van der Waals surface area (Å²) < 4.78 is 7.48. The standard InChI is InChI=1S/C20H18ClN3O2/c1-2-26-19-10-7-17(21)13-16(19)14-22-23-20(25)15-5-8-18(9-6-15)24-11-3-4-12-24/h3-14H,2H2,1H3,(H,23,25)/b22-14+. The smallest absolute Gasteiger partial charge is 0.271 e. The molecular formula is C20H18ClN3O2. The van der Waals surface area contributed by atoms with Gasteiger partial charge in [0, 0.05) is 34.2 Å². The van der Waals surface area contributed by atoms with Crippen LogP contribution in [-0.2, 0) is 0 Å². The van der Waals surface area contributed by atoms with Gasteiger partial charge in [0.25, 0.3) is 5.91 Å². The lowest BCUT2D eigenvalue weighted by molar-refractivity contribution is 0.0955. The molecule has 0 spiro atoms. The van der Waals surface area contributed by atoms with E-state index in [-0.39, 0.29) is 5.91 Å². The minimum Gasteiger partial charge on any atom is -0.493 e. The number of aromatic nitrogens is 1. The molecule has 1 N–H and O–H groups in total. The van der Waals surface area contributed by atoms with Crippen LogP contribution in [0.5, 0.6) is 5.75 Å². The quantitative estimate of drug-likeness (QED) is 0.522. The number of halogens is 1. The summed E-state index contributed by atoms with van der Waals surface area (Å²) in [6.07, 6.45) is 5.41. The van der Waals surface area contributed by atoms with Crippen molar-refractivity contribution in [2.45, 2.75) is 6.92 Å². The topological polar surface area (TPSA) is 55.6 Å². The first-order chi connectivity index (χ1) is 12.7. The normalized spacial score (nSPS) is 10.8. The van der Waals surface area contributed by atoms with Crippen molar-refractivity contribution in [1.29, 1.82) is 0 Å². The zero-order chi connectivity index (χ0) is 18.4. The van der Waals surface area contributed by atoms with Gasteiger partial charge < -0.3 is 9.30 Å². The molecule has 1 amide bonds. The highest BCUT2D eigenvalue weighted by molar-refractivity contribution is 6.30. The molecule has 0 saturated heterocycles. The summed E-state index contributed by atoms with van der Waals surface area (Å²) in [4.78, 5) is 12.2. The highest BCUT2D eigenvalue weighted by atomic mass is 35.5. The molecule has 0 fully saturated rings. The number of ether oxygens (including phenoxy) is 1. The lowest BCUT2D eigenvalue weighted by atomic mass is 10.2. The fourth-order valence-corrected chi connectivity index (χ4v) is 2.60. The number of hydrazone groups is 1. The minimum absolute atomic E-state index is 0.291. The number of rotatable bonds is 6. The number of amides is 1. The van der Waals surface area contributed by atoms with Gasteiger partial charge in [0.2, 0.25) is 0 Å². The molecule has 0 atom stereocenters. The third-order valence-electron chi connectivity index (χ3n) is 3.67. The van der Waals surface area contributed by atoms with Gasteiger partial charge in [0.15, 0.2) is 0 Å². The van der Waals surface area contributed by atoms with Crippen LogP contribution >= 0.6 is 11.6 Å². The van der Waals surface area contributed by atoms with Crippen molar-refractivity contribution in [2.24, 2.45) is 5.10 Å². The monoisotopic (exact) mass is 367 g/mol. The molecule has 0 aliphatic rings. The molecule has 6 heteroatoms. The largest absolute Gasteiger partial charge is 0.493 e. The Balaban J connectivity index is 1.67. The second kappa shape index (κ2) is 8.36. The van der Waals surface area contributed by atoms with Crippen LogP contribution in [0.1, 0.15) is 22.8 Å². The van der Waals surface area contributed by atoms with E-state index in [1.807, 2.05) is 48.1 Å². The third-order valence-corrected chi connectivity index (χ3v) is 3.91. The second-order valence-corrected chi connectivity index (χ2v) is 5.89. The summed E-state index contributed by atoms with van der Waals surface area (Å²) in [5.74, 6) is 0.367. The first-order valence-corrected chi connectivity index (χ1v) is 8.54. The molecule has 0 aliphatic carbocycles. The third kappa shape index (κ3) is 4.32. The van der Waals surface area contributed by atoms with Crippen LogP contribution in [0.3, 0.4) is 0 Å². The Hall–Kier alpha value is -3.05. The molecule has 5 nitrogen and oxygen atoms in total. The Kier molecular flexibility index (Phi) is 5.71. The van der Waals surface area contributed by atoms with E-state index in [2.05, 4.69) is 10.5 Å². The average Bonchev–Trinajstić information content (AvgIpc) is 3.19. The van der Waals surface area contributed by atoms with Gasteiger partial charge in [-0.2, -0.15) is 5.10 Å². The summed E-state index contributed by atoms with van der Waals surface area (Å²) in [6, 6.07) is 16.4. The van der Waals surface area contributed by atoms with Crippen LogP contribution in [0.4, 0.5) is 0 Å². The van der Waals surface area contributed by atoms with E-state index in [9.17, 15) is 4.79 Å². The predicted molar refractivity (Wildman–Crippen MR) is 103 cm³/mol. The summed E-state index contributed by atoms with van der Waals surface area (Å²) >= 11 is 6.00. The molecule has 0 bridgehead atoms. The summed E-state index contributed by atoms with van der Waals surface area (Å²) in [7, 11) is 0. The van der Waals surface area contributed by atoms with Crippen molar-refractivity contribution in [2.75, 3.05) is 6.61 Å². The zero-order valence-corrected chi connectivity index (χ0v) is 15.0. The molecule has 1 aromatic heterocycles. The molecule has 2 aromatic carbocycles. The van der Waals surface area contributed by atoms with Crippen LogP contribution in [0.15, 0.2) is 72.1 Å². The van der Waals surface area contributed by atoms with Crippen molar-refractivity contribution in [3.63, 3.8) is 0 Å². The maximum Gasteiger partial charge on any atom is 0.271 e. The number of nitrogens with one attached hydrogen (secondary N) is 1. The molecule has 0 radical (unpaired) electrons.